The van der Waals surface area contributed by atoms with Gasteiger partial charge in [-0.15, -0.1) is 0 Å². The molecule has 0 aliphatic heterocycles. The highest BCUT2D eigenvalue weighted by atomic mass is 16.2. The lowest BCUT2D eigenvalue weighted by Crippen LogP contribution is -3.08. The second kappa shape index (κ2) is 7.60. The molecule has 0 radical (unpaired) electrons. The van der Waals surface area contributed by atoms with Crippen molar-refractivity contribution in [1.29, 1.82) is 0 Å². The topological polar surface area (TPSA) is 33.5 Å². The molecule has 0 aromatic heterocycles. The summed E-state index contributed by atoms with van der Waals surface area (Å²) in [5.74, 6) is 0.0895. The van der Waals surface area contributed by atoms with Crippen molar-refractivity contribution >= 4 is 5.91 Å². The molecule has 3 nitrogen and oxygen atoms in total. The molecule has 0 saturated heterocycles. The number of rotatable bonds is 6. The second-order valence-corrected chi connectivity index (χ2v) is 5.50. The van der Waals surface area contributed by atoms with E-state index in [2.05, 4.69) is 36.5 Å². The Morgan fingerprint density at radius 2 is 1.71 bits per heavy atom. The van der Waals surface area contributed by atoms with E-state index in [0.717, 1.165) is 6.54 Å². The van der Waals surface area contributed by atoms with E-state index < -0.39 is 0 Å². The standard InChI is InChI=1S/C18H22N2O/c1-15-8-6-7-11-17(15)12-19-18(21)14-20(2)13-16-9-4-3-5-10-16/h3-11H,12-14H2,1-2H3,(H,19,21)/p+1. The van der Waals surface area contributed by atoms with Crippen molar-refractivity contribution in [3.63, 3.8) is 0 Å². The minimum Gasteiger partial charge on any atom is -0.347 e. The van der Waals surface area contributed by atoms with E-state index in [9.17, 15) is 4.79 Å². The van der Waals surface area contributed by atoms with Gasteiger partial charge in [0.2, 0.25) is 0 Å². The Kier molecular flexibility index (Phi) is 5.52. The number of benzene rings is 2. The number of hydrogen-bond donors (Lipinski definition) is 2. The van der Waals surface area contributed by atoms with Crippen LogP contribution in [0.15, 0.2) is 54.6 Å². The first-order chi connectivity index (χ1) is 10.1. The first-order valence-electron chi connectivity index (χ1n) is 7.31. The summed E-state index contributed by atoms with van der Waals surface area (Å²) in [7, 11) is 2.04. The lowest BCUT2D eigenvalue weighted by molar-refractivity contribution is -0.885. The monoisotopic (exact) mass is 283 g/mol. The van der Waals surface area contributed by atoms with E-state index in [1.807, 2.05) is 37.4 Å². The Balaban J connectivity index is 1.78. The van der Waals surface area contributed by atoms with Crippen molar-refractivity contribution < 1.29 is 9.69 Å². The van der Waals surface area contributed by atoms with E-state index in [-0.39, 0.29) is 5.91 Å². The van der Waals surface area contributed by atoms with Gasteiger partial charge in [0.05, 0.1) is 7.05 Å². The fourth-order valence-electron chi connectivity index (χ4n) is 2.35. The number of carbonyl (C=O) groups is 1. The molecule has 1 unspecified atom stereocenters. The third-order valence-corrected chi connectivity index (χ3v) is 3.55. The van der Waals surface area contributed by atoms with Gasteiger partial charge in [-0.2, -0.15) is 0 Å². The third kappa shape index (κ3) is 5.04. The van der Waals surface area contributed by atoms with Crippen LogP contribution in [0.5, 0.6) is 0 Å². The van der Waals surface area contributed by atoms with Crippen LogP contribution in [-0.4, -0.2) is 19.5 Å². The van der Waals surface area contributed by atoms with Crippen molar-refractivity contribution in [1.82, 2.24) is 5.32 Å². The summed E-state index contributed by atoms with van der Waals surface area (Å²) in [6, 6.07) is 18.4. The largest absolute Gasteiger partial charge is 0.347 e. The van der Waals surface area contributed by atoms with Crippen molar-refractivity contribution in [2.24, 2.45) is 0 Å². The summed E-state index contributed by atoms with van der Waals surface area (Å²) in [6.45, 7) is 4.01. The van der Waals surface area contributed by atoms with Crippen LogP contribution in [0.2, 0.25) is 0 Å². The minimum absolute atomic E-state index is 0.0895. The first kappa shape index (κ1) is 15.3. The fourth-order valence-corrected chi connectivity index (χ4v) is 2.35. The average molecular weight is 283 g/mol. The highest BCUT2D eigenvalue weighted by molar-refractivity contribution is 5.76. The van der Waals surface area contributed by atoms with Gasteiger partial charge in [-0.05, 0) is 18.1 Å². The van der Waals surface area contributed by atoms with Crippen LogP contribution in [0.3, 0.4) is 0 Å². The summed E-state index contributed by atoms with van der Waals surface area (Å²) < 4.78 is 0. The molecule has 0 aliphatic rings. The molecule has 0 heterocycles. The van der Waals surface area contributed by atoms with Gasteiger partial charge >= 0.3 is 0 Å². The first-order valence-corrected chi connectivity index (χ1v) is 7.31. The van der Waals surface area contributed by atoms with Gasteiger partial charge in [0, 0.05) is 12.1 Å². The van der Waals surface area contributed by atoms with Crippen LogP contribution in [0.1, 0.15) is 16.7 Å². The van der Waals surface area contributed by atoms with Crippen molar-refractivity contribution in [3.8, 4) is 0 Å². The lowest BCUT2D eigenvalue weighted by atomic mass is 10.1. The van der Waals surface area contributed by atoms with E-state index >= 15 is 0 Å². The van der Waals surface area contributed by atoms with Crippen molar-refractivity contribution in [2.75, 3.05) is 13.6 Å². The number of aryl methyl sites for hydroxylation is 1. The van der Waals surface area contributed by atoms with Gasteiger partial charge < -0.3 is 10.2 Å². The fraction of sp³-hybridized carbons (Fsp3) is 0.278. The van der Waals surface area contributed by atoms with Gasteiger partial charge in [0.15, 0.2) is 6.54 Å². The van der Waals surface area contributed by atoms with Crippen LogP contribution < -0.4 is 10.2 Å². The normalized spacial score (nSPS) is 11.9. The van der Waals surface area contributed by atoms with Crippen LogP contribution in [0.4, 0.5) is 0 Å². The molecule has 0 spiro atoms. The molecule has 0 saturated carbocycles. The number of amides is 1. The van der Waals surface area contributed by atoms with Gasteiger partial charge in [-0.3, -0.25) is 4.79 Å². The number of carbonyl (C=O) groups excluding carboxylic acids is 1. The van der Waals surface area contributed by atoms with Crippen LogP contribution in [0.25, 0.3) is 0 Å². The van der Waals surface area contributed by atoms with Crippen LogP contribution in [0, 0.1) is 6.92 Å². The Hall–Kier alpha value is -2.13. The molecule has 110 valence electrons. The van der Waals surface area contributed by atoms with E-state index in [1.54, 1.807) is 0 Å². The molecule has 1 atom stereocenters. The summed E-state index contributed by atoms with van der Waals surface area (Å²) in [5, 5.41) is 3.00. The second-order valence-electron chi connectivity index (χ2n) is 5.50. The molecule has 21 heavy (non-hydrogen) atoms. The zero-order valence-electron chi connectivity index (χ0n) is 12.7. The van der Waals surface area contributed by atoms with E-state index in [0.29, 0.717) is 13.1 Å². The number of nitrogens with one attached hydrogen (secondary N) is 2. The predicted octanol–water partition coefficient (Wildman–Crippen LogP) is 1.33. The third-order valence-electron chi connectivity index (χ3n) is 3.55. The average Bonchev–Trinajstić information content (AvgIpc) is 2.47. The molecule has 1 amide bonds. The lowest BCUT2D eigenvalue weighted by Gasteiger charge is -2.14. The summed E-state index contributed by atoms with van der Waals surface area (Å²) >= 11 is 0. The summed E-state index contributed by atoms with van der Waals surface area (Å²) in [6.07, 6.45) is 0. The zero-order chi connectivity index (χ0) is 15.1. The van der Waals surface area contributed by atoms with Gasteiger partial charge in [0.1, 0.15) is 6.54 Å². The summed E-state index contributed by atoms with van der Waals surface area (Å²) in [4.78, 5) is 13.2. The van der Waals surface area contributed by atoms with Crippen LogP contribution >= 0.6 is 0 Å². The van der Waals surface area contributed by atoms with Crippen LogP contribution in [-0.2, 0) is 17.9 Å². The molecule has 2 aromatic carbocycles. The van der Waals surface area contributed by atoms with E-state index in [4.69, 9.17) is 0 Å². The van der Waals surface area contributed by atoms with Crippen molar-refractivity contribution in [2.45, 2.75) is 20.0 Å². The van der Waals surface area contributed by atoms with Gasteiger partial charge in [-0.25, -0.2) is 0 Å². The van der Waals surface area contributed by atoms with Gasteiger partial charge in [0.25, 0.3) is 5.91 Å². The SMILES string of the molecule is Cc1ccccc1CNC(=O)C[NH+](C)Cc1ccccc1. The maximum Gasteiger partial charge on any atom is 0.275 e. The smallest absolute Gasteiger partial charge is 0.275 e. The minimum atomic E-state index is 0.0895. The molecule has 2 aromatic rings. The quantitative estimate of drug-likeness (QED) is 0.824. The Morgan fingerprint density at radius 1 is 1.05 bits per heavy atom. The maximum absolute atomic E-state index is 12.0. The molecular weight excluding hydrogens is 260 g/mol. The predicted molar refractivity (Wildman–Crippen MR) is 84.9 cm³/mol. The molecule has 0 fully saturated rings. The Morgan fingerprint density at radius 3 is 2.43 bits per heavy atom. The van der Waals surface area contributed by atoms with Crippen molar-refractivity contribution in [3.05, 3.63) is 71.3 Å². The number of quaternary nitrogens is 1. The van der Waals surface area contributed by atoms with E-state index in [1.165, 1.54) is 21.6 Å². The Bertz CT molecular complexity index is 581. The Labute approximate surface area is 126 Å². The molecule has 0 bridgehead atoms. The summed E-state index contributed by atoms with van der Waals surface area (Å²) in [5.41, 5.74) is 3.64. The zero-order valence-corrected chi connectivity index (χ0v) is 12.7. The molecule has 3 heteroatoms. The number of likely N-dealkylation sites (N-methyl/N-ethyl adjacent to an activating group) is 1. The highest BCUT2D eigenvalue weighted by Gasteiger charge is 2.10. The molecule has 2 rings (SSSR count). The maximum atomic E-state index is 12.0. The highest BCUT2D eigenvalue weighted by Crippen LogP contribution is 2.05. The number of hydrogen-bond acceptors (Lipinski definition) is 1. The van der Waals surface area contributed by atoms with Gasteiger partial charge in [-0.1, -0.05) is 54.6 Å². The molecule has 0 aliphatic carbocycles. The molecule has 2 N–H and O–H groups in total. The molecular formula is C18H23N2O+.